The summed E-state index contributed by atoms with van der Waals surface area (Å²) in [6.07, 6.45) is 2.74. The second-order valence-corrected chi connectivity index (χ2v) is 4.15. The van der Waals surface area contributed by atoms with Crippen molar-refractivity contribution in [2.45, 2.75) is 19.8 Å². The van der Waals surface area contributed by atoms with Gasteiger partial charge in [0.1, 0.15) is 0 Å². The van der Waals surface area contributed by atoms with Crippen LogP contribution in [0.2, 0.25) is 0 Å². The third kappa shape index (κ3) is 4.94. The van der Waals surface area contributed by atoms with Crippen LogP contribution in [0.1, 0.15) is 19.8 Å². The molecule has 1 aliphatic rings. The van der Waals surface area contributed by atoms with Crippen LogP contribution >= 0.6 is 0 Å². The Hall–Kier alpha value is -0.120. The summed E-state index contributed by atoms with van der Waals surface area (Å²) in [4.78, 5) is 2.50. The lowest BCUT2D eigenvalue weighted by atomic mass is 10.0. The molecule has 84 valence electrons. The van der Waals surface area contributed by atoms with E-state index in [4.69, 9.17) is 9.47 Å². The fraction of sp³-hybridized carbons (Fsp3) is 1.00. The number of hydrogen-bond donors (Lipinski definition) is 0. The van der Waals surface area contributed by atoms with Crippen LogP contribution in [0.15, 0.2) is 0 Å². The van der Waals surface area contributed by atoms with Crippen LogP contribution in [-0.2, 0) is 9.47 Å². The van der Waals surface area contributed by atoms with Crippen molar-refractivity contribution in [2.24, 2.45) is 5.92 Å². The fourth-order valence-electron chi connectivity index (χ4n) is 1.93. The zero-order chi connectivity index (χ0) is 10.2. The quantitative estimate of drug-likeness (QED) is 0.606. The van der Waals surface area contributed by atoms with Gasteiger partial charge in [0.05, 0.1) is 19.8 Å². The summed E-state index contributed by atoms with van der Waals surface area (Å²) in [6, 6.07) is 0. The molecule has 0 amide bonds. The number of hydrogen-bond acceptors (Lipinski definition) is 3. The number of piperidine rings is 1. The molecular formula is C11H23NO2. The van der Waals surface area contributed by atoms with E-state index < -0.39 is 0 Å². The minimum Gasteiger partial charge on any atom is -0.382 e. The lowest BCUT2D eigenvalue weighted by Gasteiger charge is -2.30. The lowest BCUT2D eigenvalue weighted by molar-refractivity contribution is 0.0503. The molecule has 0 spiro atoms. The van der Waals surface area contributed by atoms with E-state index in [0.717, 1.165) is 25.7 Å². The molecule has 1 heterocycles. The Labute approximate surface area is 87.4 Å². The maximum absolute atomic E-state index is 5.45. The van der Waals surface area contributed by atoms with Crippen LogP contribution in [0, 0.1) is 5.92 Å². The predicted molar refractivity (Wildman–Crippen MR) is 57.5 cm³/mol. The van der Waals surface area contributed by atoms with Crippen molar-refractivity contribution in [3.63, 3.8) is 0 Å². The van der Waals surface area contributed by atoms with Gasteiger partial charge < -0.3 is 14.4 Å². The van der Waals surface area contributed by atoms with E-state index in [2.05, 4.69) is 11.8 Å². The zero-order valence-electron chi connectivity index (χ0n) is 9.50. The number of likely N-dealkylation sites (tertiary alicyclic amines) is 1. The molecule has 1 rings (SSSR count). The van der Waals surface area contributed by atoms with Crippen LogP contribution in [-0.4, -0.2) is 51.5 Å². The Morgan fingerprint density at radius 3 is 2.86 bits per heavy atom. The number of nitrogens with zero attached hydrogens (tertiary/aromatic N) is 1. The monoisotopic (exact) mass is 201 g/mol. The third-order valence-electron chi connectivity index (χ3n) is 2.72. The first-order valence-electron chi connectivity index (χ1n) is 5.62. The Morgan fingerprint density at radius 2 is 2.14 bits per heavy atom. The van der Waals surface area contributed by atoms with E-state index in [1.165, 1.54) is 25.9 Å². The van der Waals surface area contributed by atoms with E-state index in [-0.39, 0.29) is 0 Å². The summed E-state index contributed by atoms with van der Waals surface area (Å²) in [7, 11) is 1.70. The van der Waals surface area contributed by atoms with Gasteiger partial charge in [-0.2, -0.15) is 0 Å². The Kier molecular flexibility index (Phi) is 6.15. The smallest absolute Gasteiger partial charge is 0.0700 e. The molecule has 0 saturated carbocycles. The maximum Gasteiger partial charge on any atom is 0.0700 e. The lowest BCUT2D eigenvalue weighted by Crippen LogP contribution is -2.36. The summed E-state index contributed by atoms with van der Waals surface area (Å²) in [5.74, 6) is 0.864. The summed E-state index contributed by atoms with van der Waals surface area (Å²) in [5.41, 5.74) is 0. The first kappa shape index (κ1) is 12.0. The highest BCUT2D eigenvalue weighted by Gasteiger charge is 2.15. The van der Waals surface area contributed by atoms with E-state index in [1.54, 1.807) is 7.11 Å². The fourth-order valence-corrected chi connectivity index (χ4v) is 1.93. The average Bonchev–Trinajstić information content (AvgIpc) is 2.18. The third-order valence-corrected chi connectivity index (χ3v) is 2.72. The normalized spacial score (nSPS) is 24.0. The van der Waals surface area contributed by atoms with Crippen molar-refractivity contribution in [3.8, 4) is 0 Å². The van der Waals surface area contributed by atoms with Gasteiger partial charge in [-0.25, -0.2) is 0 Å². The molecule has 3 nitrogen and oxygen atoms in total. The highest BCUT2D eigenvalue weighted by molar-refractivity contribution is 4.69. The van der Waals surface area contributed by atoms with Crippen molar-refractivity contribution in [2.75, 3.05) is 46.6 Å². The van der Waals surface area contributed by atoms with Gasteiger partial charge in [0.2, 0.25) is 0 Å². The van der Waals surface area contributed by atoms with Crippen molar-refractivity contribution >= 4 is 0 Å². The summed E-state index contributed by atoms with van der Waals surface area (Å²) < 4.78 is 10.4. The molecule has 1 unspecified atom stereocenters. The van der Waals surface area contributed by atoms with Crippen molar-refractivity contribution in [3.05, 3.63) is 0 Å². The zero-order valence-corrected chi connectivity index (χ0v) is 9.50. The van der Waals surface area contributed by atoms with E-state index in [9.17, 15) is 0 Å². The first-order valence-corrected chi connectivity index (χ1v) is 5.62. The second kappa shape index (κ2) is 7.21. The summed E-state index contributed by atoms with van der Waals surface area (Å²) in [6.45, 7) is 8.17. The van der Waals surface area contributed by atoms with Gasteiger partial charge >= 0.3 is 0 Å². The largest absolute Gasteiger partial charge is 0.382 e. The molecule has 0 aromatic carbocycles. The van der Waals surface area contributed by atoms with Gasteiger partial charge in [-0.1, -0.05) is 6.92 Å². The second-order valence-electron chi connectivity index (χ2n) is 4.15. The van der Waals surface area contributed by atoms with Gasteiger partial charge in [-0.3, -0.25) is 0 Å². The molecule has 0 aromatic rings. The highest BCUT2D eigenvalue weighted by atomic mass is 16.5. The highest BCUT2D eigenvalue weighted by Crippen LogP contribution is 2.14. The van der Waals surface area contributed by atoms with E-state index >= 15 is 0 Å². The molecule has 0 aliphatic carbocycles. The molecule has 1 saturated heterocycles. The summed E-state index contributed by atoms with van der Waals surface area (Å²) >= 11 is 0. The average molecular weight is 201 g/mol. The molecule has 1 fully saturated rings. The molecule has 14 heavy (non-hydrogen) atoms. The Balaban J connectivity index is 1.95. The molecule has 0 aromatic heterocycles. The Bertz CT molecular complexity index is 141. The minimum atomic E-state index is 0.705. The van der Waals surface area contributed by atoms with Crippen LogP contribution in [0.25, 0.3) is 0 Å². The first-order chi connectivity index (χ1) is 6.83. The molecule has 0 bridgehead atoms. The van der Waals surface area contributed by atoms with E-state index in [1.807, 2.05) is 0 Å². The SMILES string of the molecule is COCCOCCN1CCCC(C)C1. The van der Waals surface area contributed by atoms with Gasteiger partial charge in [-0.15, -0.1) is 0 Å². The van der Waals surface area contributed by atoms with Crippen LogP contribution in [0.3, 0.4) is 0 Å². The molecule has 3 heteroatoms. The van der Waals surface area contributed by atoms with Crippen molar-refractivity contribution in [1.29, 1.82) is 0 Å². The predicted octanol–water partition coefficient (Wildman–Crippen LogP) is 1.38. The number of ether oxygens (including phenoxy) is 2. The molecule has 1 atom stereocenters. The van der Waals surface area contributed by atoms with E-state index in [0.29, 0.717) is 6.61 Å². The van der Waals surface area contributed by atoms with Crippen LogP contribution in [0.5, 0.6) is 0 Å². The summed E-state index contributed by atoms with van der Waals surface area (Å²) in [5, 5.41) is 0. The van der Waals surface area contributed by atoms with Gasteiger partial charge in [0.15, 0.2) is 0 Å². The van der Waals surface area contributed by atoms with Crippen LogP contribution in [0.4, 0.5) is 0 Å². The van der Waals surface area contributed by atoms with Gasteiger partial charge in [-0.05, 0) is 25.3 Å². The van der Waals surface area contributed by atoms with Crippen molar-refractivity contribution < 1.29 is 9.47 Å². The molecule has 1 aliphatic heterocycles. The molecule has 0 N–H and O–H groups in total. The van der Waals surface area contributed by atoms with Crippen molar-refractivity contribution in [1.82, 2.24) is 4.90 Å². The van der Waals surface area contributed by atoms with Gasteiger partial charge in [0, 0.05) is 20.2 Å². The molecular weight excluding hydrogens is 178 g/mol. The maximum atomic E-state index is 5.45. The number of methoxy groups -OCH3 is 1. The molecule has 0 radical (unpaired) electrons. The number of rotatable bonds is 6. The van der Waals surface area contributed by atoms with Crippen LogP contribution < -0.4 is 0 Å². The topological polar surface area (TPSA) is 21.7 Å². The minimum absolute atomic E-state index is 0.705. The Morgan fingerprint density at radius 1 is 1.29 bits per heavy atom. The standard InChI is InChI=1S/C11H23NO2/c1-11-4-3-5-12(10-11)6-7-14-9-8-13-2/h11H,3-10H2,1-2H3. The van der Waals surface area contributed by atoms with Gasteiger partial charge in [0.25, 0.3) is 0 Å².